The maximum atomic E-state index is 6.21. The molecule has 1 saturated carbocycles. The summed E-state index contributed by atoms with van der Waals surface area (Å²) < 4.78 is 0. The van der Waals surface area contributed by atoms with E-state index in [1.54, 1.807) is 6.07 Å². The highest BCUT2D eigenvalue weighted by Gasteiger charge is 2.39. The maximum absolute atomic E-state index is 6.21. The predicted octanol–water partition coefficient (Wildman–Crippen LogP) is 2.35. The van der Waals surface area contributed by atoms with Crippen molar-refractivity contribution in [1.82, 2.24) is 10.2 Å². The van der Waals surface area contributed by atoms with E-state index in [2.05, 4.69) is 15.1 Å². The molecule has 2 fully saturated rings. The van der Waals surface area contributed by atoms with Crippen molar-refractivity contribution in [3.8, 4) is 0 Å². The van der Waals surface area contributed by atoms with Crippen LogP contribution in [-0.4, -0.2) is 29.3 Å². The van der Waals surface area contributed by atoms with Gasteiger partial charge in [0.2, 0.25) is 0 Å². The Morgan fingerprint density at radius 2 is 2.06 bits per heavy atom. The molecule has 2 N–H and O–H groups in total. The number of hydrogen-bond donors (Lipinski definition) is 1. The van der Waals surface area contributed by atoms with Crippen LogP contribution in [0, 0.1) is 11.8 Å². The van der Waals surface area contributed by atoms with Gasteiger partial charge in [0.1, 0.15) is 0 Å². The third-order valence-electron chi connectivity index (χ3n) is 4.20. The van der Waals surface area contributed by atoms with E-state index in [0.717, 1.165) is 25.2 Å². The van der Waals surface area contributed by atoms with Crippen molar-refractivity contribution in [2.24, 2.45) is 17.6 Å². The molecule has 1 aromatic rings. The van der Waals surface area contributed by atoms with Crippen LogP contribution in [0.4, 0.5) is 5.69 Å². The standard InChI is InChI=1S/C12H16Cl2N4/c13-11-4-10(12(14)17-16-11)18-5-7-2-1-3-9(15)8(7)6-18/h4,7-9H,1-3,5-6,15H2. The summed E-state index contributed by atoms with van der Waals surface area (Å²) in [5.74, 6) is 1.25. The summed E-state index contributed by atoms with van der Waals surface area (Å²) in [6, 6.07) is 2.11. The molecule has 0 spiro atoms. The fraction of sp³-hybridized carbons (Fsp3) is 0.667. The summed E-state index contributed by atoms with van der Waals surface area (Å²) in [6.45, 7) is 1.95. The van der Waals surface area contributed by atoms with E-state index in [0.29, 0.717) is 28.2 Å². The Bertz CT molecular complexity index is 454. The van der Waals surface area contributed by atoms with E-state index in [-0.39, 0.29) is 0 Å². The lowest BCUT2D eigenvalue weighted by Gasteiger charge is -2.29. The molecule has 0 aromatic carbocycles. The highest BCUT2D eigenvalue weighted by atomic mass is 35.5. The first-order chi connectivity index (χ1) is 8.65. The molecule has 1 saturated heterocycles. The molecule has 4 nitrogen and oxygen atoms in total. The maximum Gasteiger partial charge on any atom is 0.175 e. The zero-order valence-corrected chi connectivity index (χ0v) is 11.5. The van der Waals surface area contributed by atoms with Crippen LogP contribution >= 0.6 is 23.2 Å². The molecule has 3 atom stereocenters. The van der Waals surface area contributed by atoms with Crippen LogP contribution in [0.2, 0.25) is 10.3 Å². The number of nitrogens with two attached hydrogens (primary N) is 1. The van der Waals surface area contributed by atoms with Crippen molar-refractivity contribution in [2.45, 2.75) is 25.3 Å². The van der Waals surface area contributed by atoms with E-state index < -0.39 is 0 Å². The molecule has 2 aliphatic rings. The Balaban J connectivity index is 1.84. The van der Waals surface area contributed by atoms with E-state index >= 15 is 0 Å². The zero-order valence-electron chi connectivity index (χ0n) is 10.0. The van der Waals surface area contributed by atoms with Gasteiger partial charge in [-0.05, 0) is 24.7 Å². The van der Waals surface area contributed by atoms with Gasteiger partial charge in [0.25, 0.3) is 0 Å². The lowest BCUT2D eigenvalue weighted by atomic mass is 9.78. The molecule has 0 radical (unpaired) electrons. The van der Waals surface area contributed by atoms with Crippen molar-refractivity contribution in [1.29, 1.82) is 0 Å². The summed E-state index contributed by atoms with van der Waals surface area (Å²) in [4.78, 5) is 2.25. The van der Waals surface area contributed by atoms with Crippen LogP contribution in [0.25, 0.3) is 0 Å². The summed E-state index contributed by atoms with van der Waals surface area (Å²) in [6.07, 6.45) is 3.63. The Kier molecular flexibility index (Phi) is 3.34. The molecule has 1 aromatic heterocycles. The molecule has 2 heterocycles. The van der Waals surface area contributed by atoms with Gasteiger partial charge in [-0.3, -0.25) is 0 Å². The third-order valence-corrected chi connectivity index (χ3v) is 4.65. The number of rotatable bonds is 1. The van der Waals surface area contributed by atoms with Crippen molar-refractivity contribution < 1.29 is 0 Å². The fourth-order valence-electron chi connectivity index (χ4n) is 3.28. The molecule has 18 heavy (non-hydrogen) atoms. The Morgan fingerprint density at radius 3 is 2.83 bits per heavy atom. The lowest BCUT2D eigenvalue weighted by Crippen LogP contribution is -2.38. The molecular formula is C12H16Cl2N4. The van der Waals surface area contributed by atoms with Crippen LogP contribution in [0.5, 0.6) is 0 Å². The largest absolute Gasteiger partial charge is 0.368 e. The molecule has 3 rings (SSSR count). The zero-order chi connectivity index (χ0) is 12.7. The van der Waals surface area contributed by atoms with Gasteiger partial charge in [-0.2, -0.15) is 0 Å². The minimum atomic E-state index is 0.317. The second kappa shape index (κ2) is 4.83. The highest BCUT2D eigenvalue weighted by Crippen LogP contribution is 2.39. The monoisotopic (exact) mass is 286 g/mol. The first kappa shape index (κ1) is 12.5. The van der Waals surface area contributed by atoms with Crippen molar-refractivity contribution in [2.75, 3.05) is 18.0 Å². The molecule has 0 bridgehead atoms. The number of aromatic nitrogens is 2. The number of nitrogens with zero attached hydrogens (tertiary/aromatic N) is 3. The van der Waals surface area contributed by atoms with Gasteiger partial charge in [0.15, 0.2) is 10.3 Å². The third kappa shape index (κ3) is 2.17. The molecule has 3 unspecified atom stereocenters. The molecular weight excluding hydrogens is 271 g/mol. The van der Waals surface area contributed by atoms with E-state index in [9.17, 15) is 0 Å². The number of halogens is 2. The fourth-order valence-corrected chi connectivity index (χ4v) is 3.63. The van der Waals surface area contributed by atoms with Crippen LogP contribution < -0.4 is 10.6 Å². The first-order valence-corrected chi connectivity index (χ1v) is 7.10. The molecule has 1 aliphatic carbocycles. The average molecular weight is 287 g/mol. The SMILES string of the molecule is NC1CCCC2CN(c3cc(Cl)nnc3Cl)CC12. The van der Waals surface area contributed by atoms with Gasteiger partial charge in [-0.15, -0.1) is 10.2 Å². The number of hydrogen-bond acceptors (Lipinski definition) is 4. The first-order valence-electron chi connectivity index (χ1n) is 6.34. The van der Waals surface area contributed by atoms with Gasteiger partial charge in [0, 0.05) is 25.2 Å². The Labute approximate surface area is 116 Å². The van der Waals surface area contributed by atoms with Gasteiger partial charge < -0.3 is 10.6 Å². The Morgan fingerprint density at radius 1 is 1.22 bits per heavy atom. The summed E-state index contributed by atoms with van der Waals surface area (Å²) in [7, 11) is 0. The quantitative estimate of drug-likeness (QED) is 0.861. The summed E-state index contributed by atoms with van der Waals surface area (Å²) in [5.41, 5.74) is 7.10. The number of anilines is 1. The second-order valence-electron chi connectivity index (χ2n) is 5.27. The minimum absolute atomic E-state index is 0.317. The van der Waals surface area contributed by atoms with Crippen LogP contribution in [0.15, 0.2) is 6.07 Å². The van der Waals surface area contributed by atoms with Gasteiger partial charge in [-0.25, -0.2) is 0 Å². The lowest BCUT2D eigenvalue weighted by molar-refractivity contribution is 0.260. The Hall–Kier alpha value is -0.580. The topological polar surface area (TPSA) is 55.0 Å². The second-order valence-corrected chi connectivity index (χ2v) is 6.01. The van der Waals surface area contributed by atoms with Crippen LogP contribution in [0.3, 0.4) is 0 Å². The molecule has 1 aliphatic heterocycles. The normalized spacial score (nSPS) is 31.5. The summed E-state index contributed by atoms with van der Waals surface area (Å²) in [5, 5.41) is 8.42. The van der Waals surface area contributed by atoms with Crippen molar-refractivity contribution in [3.05, 3.63) is 16.4 Å². The van der Waals surface area contributed by atoms with Crippen LogP contribution in [0.1, 0.15) is 19.3 Å². The highest BCUT2D eigenvalue weighted by molar-refractivity contribution is 6.33. The van der Waals surface area contributed by atoms with Crippen molar-refractivity contribution >= 4 is 28.9 Å². The molecule has 98 valence electrons. The predicted molar refractivity (Wildman–Crippen MR) is 73.1 cm³/mol. The van der Waals surface area contributed by atoms with Gasteiger partial charge in [-0.1, -0.05) is 29.6 Å². The van der Waals surface area contributed by atoms with E-state index in [1.165, 1.54) is 12.8 Å². The minimum Gasteiger partial charge on any atom is -0.368 e. The van der Waals surface area contributed by atoms with Crippen LogP contribution in [-0.2, 0) is 0 Å². The van der Waals surface area contributed by atoms with E-state index in [4.69, 9.17) is 28.9 Å². The smallest absolute Gasteiger partial charge is 0.175 e. The number of fused-ring (bicyclic) bond motifs is 1. The van der Waals surface area contributed by atoms with E-state index in [1.807, 2.05) is 0 Å². The van der Waals surface area contributed by atoms with Gasteiger partial charge >= 0.3 is 0 Å². The molecule has 6 heteroatoms. The van der Waals surface area contributed by atoms with Crippen molar-refractivity contribution in [3.63, 3.8) is 0 Å². The average Bonchev–Trinajstić information content (AvgIpc) is 2.77. The molecule has 0 amide bonds. The summed E-state index contributed by atoms with van der Waals surface area (Å²) >= 11 is 12.0. The van der Waals surface area contributed by atoms with Gasteiger partial charge in [0.05, 0.1) is 5.69 Å².